The summed E-state index contributed by atoms with van der Waals surface area (Å²) in [5, 5.41) is 0. The van der Waals surface area contributed by atoms with Crippen LogP contribution in [0.25, 0.3) is 0 Å². The maximum Gasteiger partial charge on any atom is 0.172 e. The second-order valence-electron chi connectivity index (χ2n) is 4.96. The molecule has 0 unspecified atom stereocenters. The van der Waals surface area contributed by atoms with E-state index >= 15 is 0 Å². The van der Waals surface area contributed by atoms with E-state index in [2.05, 4.69) is 0 Å². The van der Waals surface area contributed by atoms with E-state index in [0.29, 0.717) is 23.7 Å². The summed E-state index contributed by atoms with van der Waals surface area (Å²) in [4.78, 5) is 11.2. The Balaban J connectivity index is 2.18. The third-order valence-corrected chi connectivity index (χ3v) is 3.52. The molecule has 0 aliphatic heterocycles. The average molecular weight is 262 g/mol. The highest BCUT2D eigenvalue weighted by Gasteiger charge is 2.18. The molecule has 1 aliphatic carbocycles. The van der Waals surface area contributed by atoms with Gasteiger partial charge in [0.05, 0.1) is 18.3 Å². The first-order chi connectivity index (χ1) is 9.35. The first-order valence-corrected chi connectivity index (χ1v) is 7.22. The second kappa shape index (κ2) is 7.17. The Hall–Kier alpha value is -1.51. The number of benzene rings is 1. The molecule has 0 atom stereocenters. The molecule has 0 spiro atoms. The molecule has 0 heterocycles. The monoisotopic (exact) mass is 262 g/mol. The Morgan fingerprint density at radius 1 is 1.21 bits per heavy atom. The number of ether oxygens (including phenoxy) is 2. The van der Waals surface area contributed by atoms with E-state index in [1.54, 1.807) is 6.07 Å². The molecule has 2 rings (SSSR count). The first kappa shape index (κ1) is 13.9. The van der Waals surface area contributed by atoms with E-state index in [9.17, 15) is 4.79 Å². The number of hydrogen-bond donors (Lipinski definition) is 0. The van der Waals surface area contributed by atoms with Crippen LogP contribution in [0.5, 0.6) is 11.5 Å². The largest absolute Gasteiger partial charge is 0.490 e. The lowest BCUT2D eigenvalue weighted by Gasteiger charge is -2.20. The summed E-state index contributed by atoms with van der Waals surface area (Å²) in [6.45, 7) is 2.51. The summed E-state index contributed by atoms with van der Waals surface area (Å²) >= 11 is 0. The van der Waals surface area contributed by atoms with Gasteiger partial charge < -0.3 is 9.47 Å². The molecule has 0 amide bonds. The van der Waals surface area contributed by atoms with Crippen LogP contribution in [-0.2, 0) is 0 Å². The van der Waals surface area contributed by atoms with Gasteiger partial charge in [0, 0.05) is 0 Å². The smallest absolute Gasteiger partial charge is 0.172 e. The topological polar surface area (TPSA) is 35.5 Å². The highest BCUT2D eigenvalue weighted by Crippen LogP contribution is 2.33. The molecule has 0 aromatic heterocycles. The molecule has 1 saturated carbocycles. The normalized spacial score (nSPS) is 16.7. The van der Waals surface area contributed by atoms with Gasteiger partial charge in [-0.1, -0.05) is 18.9 Å². The number of rotatable bonds is 5. The molecule has 0 bridgehead atoms. The number of aldehydes is 1. The van der Waals surface area contributed by atoms with Gasteiger partial charge in [-0.05, 0) is 44.7 Å². The molecule has 1 fully saturated rings. The van der Waals surface area contributed by atoms with Crippen molar-refractivity contribution in [1.29, 1.82) is 0 Å². The van der Waals surface area contributed by atoms with Gasteiger partial charge in [0.15, 0.2) is 17.8 Å². The van der Waals surface area contributed by atoms with Crippen LogP contribution in [-0.4, -0.2) is 19.0 Å². The van der Waals surface area contributed by atoms with Gasteiger partial charge in [-0.2, -0.15) is 0 Å². The van der Waals surface area contributed by atoms with Crippen LogP contribution in [0.4, 0.5) is 0 Å². The molecule has 1 aliphatic rings. The SMILES string of the molecule is CCOc1cccc(C=O)c1OC1CCCCCC1. The third kappa shape index (κ3) is 3.72. The van der Waals surface area contributed by atoms with Crippen molar-refractivity contribution < 1.29 is 14.3 Å². The summed E-state index contributed by atoms with van der Waals surface area (Å²) in [6.07, 6.45) is 8.17. The van der Waals surface area contributed by atoms with E-state index in [-0.39, 0.29) is 6.10 Å². The first-order valence-electron chi connectivity index (χ1n) is 7.22. The molecule has 19 heavy (non-hydrogen) atoms. The van der Waals surface area contributed by atoms with Crippen molar-refractivity contribution in [2.24, 2.45) is 0 Å². The summed E-state index contributed by atoms with van der Waals surface area (Å²) in [5.41, 5.74) is 0.579. The Morgan fingerprint density at radius 3 is 2.58 bits per heavy atom. The van der Waals surface area contributed by atoms with Gasteiger partial charge in [-0.3, -0.25) is 4.79 Å². The minimum absolute atomic E-state index is 0.211. The molecule has 0 N–H and O–H groups in total. The van der Waals surface area contributed by atoms with E-state index in [1.165, 1.54) is 25.7 Å². The minimum Gasteiger partial charge on any atom is -0.490 e. The van der Waals surface area contributed by atoms with Crippen molar-refractivity contribution in [3.63, 3.8) is 0 Å². The predicted molar refractivity (Wildman–Crippen MR) is 75.1 cm³/mol. The van der Waals surface area contributed by atoms with Crippen molar-refractivity contribution in [1.82, 2.24) is 0 Å². The van der Waals surface area contributed by atoms with Gasteiger partial charge in [0.25, 0.3) is 0 Å². The molecule has 1 aromatic rings. The molecule has 3 nitrogen and oxygen atoms in total. The lowest BCUT2D eigenvalue weighted by molar-refractivity contribution is 0.111. The number of carbonyl (C=O) groups is 1. The van der Waals surface area contributed by atoms with Crippen LogP contribution in [0.1, 0.15) is 55.8 Å². The minimum atomic E-state index is 0.211. The van der Waals surface area contributed by atoms with Crippen molar-refractivity contribution >= 4 is 6.29 Å². The Bertz CT molecular complexity index is 406. The summed E-state index contributed by atoms with van der Waals surface area (Å²) < 4.78 is 11.7. The van der Waals surface area contributed by atoms with Crippen LogP contribution >= 0.6 is 0 Å². The van der Waals surface area contributed by atoms with Crippen LogP contribution in [0, 0.1) is 0 Å². The van der Waals surface area contributed by atoms with E-state index in [1.807, 2.05) is 19.1 Å². The highest BCUT2D eigenvalue weighted by molar-refractivity contribution is 5.81. The lowest BCUT2D eigenvalue weighted by Crippen LogP contribution is -2.16. The molecule has 104 valence electrons. The summed E-state index contributed by atoms with van der Waals surface area (Å²) in [7, 11) is 0. The lowest BCUT2D eigenvalue weighted by atomic mass is 10.1. The molecule has 1 aromatic carbocycles. The zero-order chi connectivity index (χ0) is 13.5. The quantitative estimate of drug-likeness (QED) is 0.594. The highest BCUT2D eigenvalue weighted by atomic mass is 16.5. The fraction of sp³-hybridized carbons (Fsp3) is 0.562. The van der Waals surface area contributed by atoms with Gasteiger partial charge in [0.1, 0.15) is 0 Å². The fourth-order valence-electron chi connectivity index (χ4n) is 2.55. The zero-order valence-electron chi connectivity index (χ0n) is 11.6. The number of carbonyl (C=O) groups excluding carboxylic acids is 1. The molecule has 0 radical (unpaired) electrons. The van der Waals surface area contributed by atoms with Crippen molar-refractivity contribution in [3.8, 4) is 11.5 Å². The Labute approximate surface area is 114 Å². The van der Waals surface area contributed by atoms with E-state index in [0.717, 1.165) is 19.1 Å². The van der Waals surface area contributed by atoms with Crippen molar-refractivity contribution in [3.05, 3.63) is 23.8 Å². The average Bonchev–Trinajstić information content (AvgIpc) is 2.69. The number of hydrogen-bond acceptors (Lipinski definition) is 3. The Morgan fingerprint density at radius 2 is 1.95 bits per heavy atom. The molecular formula is C16H22O3. The van der Waals surface area contributed by atoms with Gasteiger partial charge in [0.2, 0.25) is 0 Å². The molecular weight excluding hydrogens is 240 g/mol. The fourth-order valence-corrected chi connectivity index (χ4v) is 2.55. The van der Waals surface area contributed by atoms with E-state index in [4.69, 9.17) is 9.47 Å². The molecule has 3 heteroatoms. The van der Waals surface area contributed by atoms with Crippen LogP contribution in [0.15, 0.2) is 18.2 Å². The summed E-state index contributed by atoms with van der Waals surface area (Å²) in [5.74, 6) is 1.29. The van der Waals surface area contributed by atoms with Crippen molar-refractivity contribution in [2.75, 3.05) is 6.61 Å². The Kier molecular flexibility index (Phi) is 5.25. The van der Waals surface area contributed by atoms with Gasteiger partial charge >= 0.3 is 0 Å². The van der Waals surface area contributed by atoms with Crippen molar-refractivity contribution in [2.45, 2.75) is 51.6 Å². The van der Waals surface area contributed by atoms with Crippen LogP contribution < -0.4 is 9.47 Å². The van der Waals surface area contributed by atoms with E-state index < -0.39 is 0 Å². The van der Waals surface area contributed by atoms with Crippen LogP contribution in [0.3, 0.4) is 0 Å². The second-order valence-corrected chi connectivity index (χ2v) is 4.96. The molecule has 0 saturated heterocycles. The predicted octanol–water partition coefficient (Wildman–Crippen LogP) is 4.00. The third-order valence-electron chi connectivity index (χ3n) is 3.52. The maximum absolute atomic E-state index is 11.2. The van der Waals surface area contributed by atoms with Crippen LogP contribution in [0.2, 0.25) is 0 Å². The van der Waals surface area contributed by atoms with Gasteiger partial charge in [-0.15, -0.1) is 0 Å². The maximum atomic E-state index is 11.2. The zero-order valence-corrected chi connectivity index (χ0v) is 11.6. The standard InChI is InChI=1S/C16H22O3/c1-2-18-15-11-7-8-13(12-17)16(15)19-14-9-5-3-4-6-10-14/h7-8,11-12,14H,2-6,9-10H2,1H3. The summed E-state index contributed by atoms with van der Waals surface area (Å²) in [6, 6.07) is 5.47. The number of para-hydroxylation sites is 1. The van der Waals surface area contributed by atoms with Gasteiger partial charge in [-0.25, -0.2) is 0 Å².